The number of rotatable bonds is 13. The van der Waals surface area contributed by atoms with E-state index in [9.17, 15) is 0 Å². The van der Waals surface area contributed by atoms with Crippen LogP contribution in [0.25, 0.3) is 10.9 Å². The summed E-state index contributed by atoms with van der Waals surface area (Å²) in [6, 6.07) is 0.695. The predicted molar refractivity (Wildman–Crippen MR) is 184 cm³/mol. The Hall–Kier alpha value is -1.26. The summed E-state index contributed by atoms with van der Waals surface area (Å²) in [7, 11) is 0. The van der Waals surface area contributed by atoms with Crippen LogP contribution in [0.5, 0.6) is 6.01 Å². The molecule has 0 spiro atoms. The molecule has 6 heterocycles. The number of piperazine rings is 1. The molecule has 9 heteroatoms. The average molecular weight is 718 g/mol. The summed E-state index contributed by atoms with van der Waals surface area (Å²) < 4.78 is 28.3. The predicted octanol–water partition coefficient (Wildman–Crippen LogP) is 6.98. The molecule has 0 aliphatic carbocycles. The molecule has 0 saturated carbocycles. The van der Waals surface area contributed by atoms with Gasteiger partial charge in [0.25, 0.3) is 0 Å². The van der Waals surface area contributed by atoms with E-state index in [1.807, 2.05) is 13.8 Å². The third-order valence-electron chi connectivity index (χ3n) is 11.0. The number of unbranched alkanes of at least 4 members (excludes halogenated alkanes) is 3. The molecular formula is C35H59FN6OSn. The fraction of sp³-hybridized carbons (Fsp3) is 0.800. The van der Waals surface area contributed by atoms with Crippen LogP contribution in [0.15, 0.2) is 0 Å². The van der Waals surface area contributed by atoms with Gasteiger partial charge in [-0.25, -0.2) is 0 Å². The van der Waals surface area contributed by atoms with Crippen molar-refractivity contribution in [2.45, 2.75) is 137 Å². The number of hydrogen-bond acceptors (Lipinski definition) is 7. The molecule has 0 bridgehead atoms. The van der Waals surface area contributed by atoms with Crippen molar-refractivity contribution in [2.24, 2.45) is 0 Å². The molecule has 6 rings (SSSR count). The molecule has 0 aromatic carbocycles. The number of nitrogens with one attached hydrogen (secondary N) is 1. The van der Waals surface area contributed by atoms with Crippen LogP contribution in [0.3, 0.4) is 0 Å². The van der Waals surface area contributed by atoms with Gasteiger partial charge in [-0.15, -0.1) is 0 Å². The SMILES string of the molecule is CC.CCC[CH2][Sn]([CH2]CCC)([CH2]CCC)[c]1nc2c3c(nc(OCC45CCCN4CCC5)nc3c1F)N1CCNCC1CC2. The molecule has 3 fully saturated rings. The van der Waals surface area contributed by atoms with Gasteiger partial charge in [-0.3, -0.25) is 0 Å². The third-order valence-corrected chi connectivity index (χ3v) is 26.0. The van der Waals surface area contributed by atoms with E-state index in [-0.39, 0.29) is 11.4 Å². The number of nitrogens with zero attached hydrogens (tertiary/aromatic N) is 5. The molecule has 2 aromatic rings. The fourth-order valence-corrected chi connectivity index (χ4v) is 24.3. The molecule has 0 amide bonds. The van der Waals surface area contributed by atoms with Crippen LogP contribution in [0, 0.1) is 5.82 Å². The Kier molecular flexibility index (Phi) is 12.0. The molecule has 0 radical (unpaired) electrons. The zero-order valence-electron chi connectivity index (χ0n) is 28.4. The van der Waals surface area contributed by atoms with Gasteiger partial charge in [-0.05, 0) is 0 Å². The van der Waals surface area contributed by atoms with Gasteiger partial charge < -0.3 is 0 Å². The number of ether oxygens (including phenoxy) is 1. The van der Waals surface area contributed by atoms with Crippen LogP contribution in [-0.2, 0) is 6.42 Å². The molecule has 7 nitrogen and oxygen atoms in total. The second-order valence-corrected chi connectivity index (χ2v) is 26.6. The zero-order chi connectivity index (χ0) is 31.2. The minimum absolute atomic E-state index is 0.100. The van der Waals surface area contributed by atoms with Gasteiger partial charge in [0.1, 0.15) is 0 Å². The van der Waals surface area contributed by atoms with Crippen molar-refractivity contribution in [1.29, 1.82) is 0 Å². The molecule has 3 saturated heterocycles. The molecule has 1 N–H and O–H groups in total. The van der Waals surface area contributed by atoms with Gasteiger partial charge in [0.15, 0.2) is 0 Å². The fourth-order valence-electron chi connectivity index (χ4n) is 8.55. The van der Waals surface area contributed by atoms with Gasteiger partial charge >= 0.3 is 258 Å². The summed E-state index contributed by atoms with van der Waals surface area (Å²) in [5.41, 5.74) is 1.63. The molecule has 4 aliphatic rings. The monoisotopic (exact) mass is 718 g/mol. The van der Waals surface area contributed by atoms with E-state index in [2.05, 4.69) is 35.9 Å². The van der Waals surface area contributed by atoms with Crippen molar-refractivity contribution in [2.75, 3.05) is 44.2 Å². The van der Waals surface area contributed by atoms with E-state index in [1.54, 1.807) is 0 Å². The van der Waals surface area contributed by atoms with E-state index >= 15 is 4.39 Å². The van der Waals surface area contributed by atoms with Gasteiger partial charge in [-0.1, -0.05) is 13.8 Å². The standard InChI is InChI=1S/C21H26FN6O.3C4H9.C2H6.Sn/c22-15-12-24-16-4-3-14-11-23-7-10-28(14)19-17(16)18(15)25-20(26-19)29-13-21-5-1-8-27(21)9-2-6-21;3*1-3-4-2;1-2;/h14,23H,1-11,13H2;3*1,3-4H2,2H3;1-2H3;. The number of aryl methyl sites for hydroxylation is 1. The molecule has 4 aliphatic heterocycles. The van der Waals surface area contributed by atoms with Crippen molar-refractivity contribution in [1.82, 2.24) is 25.2 Å². The maximum atomic E-state index is 17.3. The number of halogens is 1. The van der Waals surface area contributed by atoms with Crippen LogP contribution >= 0.6 is 0 Å². The van der Waals surface area contributed by atoms with Crippen molar-refractivity contribution in [3.8, 4) is 6.01 Å². The Bertz CT molecular complexity index is 1210. The first kappa shape index (κ1) is 34.1. The molecule has 1 unspecified atom stereocenters. The zero-order valence-corrected chi connectivity index (χ0v) is 31.3. The van der Waals surface area contributed by atoms with Gasteiger partial charge in [0.2, 0.25) is 0 Å². The Morgan fingerprint density at radius 2 is 1.59 bits per heavy atom. The summed E-state index contributed by atoms with van der Waals surface area (Å²) in [5, 5.41) is 4.44. The van der Waals surface area contributed by atoms with Crippen LogP contribution in [0.2, 0.25) is 13.3 Å². The average Bonchev–Trinajstić information content (AvgIpc) is 3.60. The van der Waals surface area contributed by atoms with E-state index in [0.717, 1.165) is 85.4 Å². The molecule has 44 heavy (non-hydrogen) atoms. The van der Waals surface area contributed by atoms with E-state index in [0.29, 0.717) is 24.2 Å². The second-order valence-electron chi connectivity index (χ2n) is 13.7. The summed E-state index contributed by atoms with van der Waals surface area (Å²) in [4.78, 5) is 20.5. The molecule has 1 atom stereocenters. The normalized spacial score (nSPS) is 21.0. The Morgan fingerprint density at radius 3 is 2.23 bits per heavy atom. The Morgan fingerprint density at radius 1 is 0.932 bits per heavy atom. The number of aromatic nitrogens is 3. The van der Waals surface area contributed by atoms with E-state index < -0.39 is 18.4 Å². The van der Waals surface area contributed by atoms with Crippen molar-refractivity contribution in [3.63, 3.8) is 0 Å². The number of anilines is 1. The van der Waals surface area contributed by atoms with Crippen LogP contribution in [0.4, 0.5) is 10.2 Å². The van der Waals surface area contributed by atoms with Gasteiger partial charge in [0.05, 0.1) is 0 Å². The van der Waals surface area contributed by atoms with Gasteiger partial charge in [0, 0.05) is 0 Å². The third kappa shape index (κ3) is 6.73. The quantitative estimate of drug-likeness (QED) is 0.225. The second kappa shape index (κ2) is 15.6. The first-order valence-corrected chi connectivity index (χ1v) is 25.8. The number of pyridine rings is 1. The molecule has 2 aromatic heterocycles. The summed E-state index contributed by atoms with van der Waals surface area (Å²) >= 11 is -3.18. The van der Waals surface area contributed by atoms with Crippen LogP contribution in [0.1, 0.15) is 111 Å². The van der Waals surface area contributed by atoms with Crippen molar-refractivity contribution >= 4 is 38.8 Å². The summed E-state index contributed by atoms with van der Waals surface area (Å²) in [6.07, 6.45) is 13.7. The molecular weight excluding hydrogens is 658 g/mol. The van der Waals surface area contributed by atoms with Crippen LogP contribution < -0.4 is 18.7 Å². The number of fused-ring (bicyclic) bond motifs is 3. The maximum absolute atomic E-state index is 17.3. The first-order chi connectivity index (χ1) is 21.5. The summed E-state index contributed by atoms with van der Waals surface area (Å²) in [5.74, 6) is 0.729. The minimum atomic E-state index is -3.18. The Balaban J connectivity index is 0.00000188. The first-order valence-electron chi connectivity index (χ1n) is 18.3. The molecule has 246 valence electrons. The van der Waals surface area contributed by atoms with Crippen molar-refractivity contribution < 1.29 is 9.13 Å². The van der Waals surface area contributed by atoms with Crippen LogP contribution in [-0.4, -0.2) is 89.1 Å². The van der Waals surface area contributed by atoms with Gasteiger partial charge in [-0.2, -0.15) is 0 Å². The Labute approximate surface area is 270 Å². The van der Waals surface area contributed by atoms with E-state index in [1.165, 1.54) is 58.3 Å². The van der Waals surface area contributed by atoms with E-state index in [4.69, 9.17) is 19.7 Å². The topological polar surface area (TPSA) is 66.4 Å². The number of hydrogen-bond donors (Lipinski definition) is 1. The van der Waals surface area contributed by atoms with Crippen molar-refractivity contribution in [3.05, 3.63) is 11.5 Å². The summed E-state index contributed by atoms with van der Waals surface area (Å²) in [6.45, 7) is 16.4.